The molecule has 2 N–H and O–H groups in total. The van der Waals surface area contributed by atoms with E-state index in [2.05, 4.69) is 51.6 Å². The van der Waals surface area contributed by atoms with Crippen LogP contribution in [0.5, 0.6) is 0 Å². The lowest BCUT2D eigenvalue weighted by Crippen LogP contribution is -2.13. The molecule has 0 saturated carbocycles. The largest absolute Gasteiger partial charge is 0.324 e. The highest BCUT2D eigenvalue weighted by atomic mass is 35.5. The molecule has 1 aromatic rings. The van der Waals surface area contributed by atoms with Crippen LogP contribution < -0.4 is 5.73 Å². The van der Waals surface area contributed by atoms with Gasteiger partial charge in [-0.25, -0.2) is 0 Å². The van der Waals surface area contributed by atoms with Gasteiger partial charge >= 0.3 is 0 Å². The predicted molar refractivity (Wildman–Crippen MR) is 78.7 cm³/mol. The van der Waals surface area contributed by atoms with Crippen molar-refractivity contribution in [2.75, 3.05) is 0 Å². The first kappa shape index (κ1) is 16.2. The van der Waals surface area contributed by atoms with E-state index in [1.54, 1.807) is 0 Å². The summed E-state index contributed by atoms with van der Waals surface area (Å²) in [4.78, 5) is 0. The van der Waals surface area contributed by atoms with Crippen LogP contribution in [0.25, 0.3) is 0 Å². The molecule has 0 heterocycles. The zero-order valence-electron chi connectivity index (χ0n) is 11.3. The summed E-state index contributed by atoms with van der Waals surface area (Å²) < 4.78 is 0. The molecule has 1 aromatic carbocycles. The van der Waals surface area contributed by atoms with Crippen molar-refractivity contribution in [2.45, 2.75) is 45.6 Å². The molecule has 0 bridgehead atoms. The molecule has 0 amide bonds. The van der Waals surface area contributed by atoms with E-state index in [1.807, 2.05) is 6.92 Å². The van der Waals surface area contributed by atoms with Crippen molar-refractivity contribution in [3.05, 3.63) is 47.5 Å². The Balaban J connectivity index is 0.00000256. The van der Waals surface area contributed by atoms with Crippen LogP contribution in [0.2, 0.25) is 0 Å². The first-order valence-electron chi connectivity index (χ1n) is 5.81. The third-order valence-corrected chi connectivity index (χ3v) is 2.77. The summed E-state index contributed by atoms with van der Waals surface area (Å²) in [5.41, 5.74) is 9.97. The van der Waals surface area contributed by atoms with Gasteiger partial charge in [0, 0.05) is 6.04 Å². The molecule has 1 atom stereocenters. The molecule has 0 aliphatic carbocycles. The van der Waals surface area contributed by atoms with E-state index >= 15 is 0 Å². The maximum absolute atomic E-state index is 6.09. The van der Waals surface area contributed by atoms with Gasteiger partial charge in [0.25, 0.3) is 0 Å². The van der Waals surface area contributed by atoms with Crippen LogP contribution in [-0.2, 0) is 5.41 Å². The lowest BCUT2D eigenvalue weighted by Gasteiger charge is -2.20. The van der Waals surface area contributed by atoms with Crippen LogP contribution in [0.1, 0.15) is 51.3 Å². The summed E-state index contributed by atoms with van der Waals surface area (Å²) in [7, 11) is 0. The molecule has 0 aliphatic heterocycles. The summed E-state index contributed by atoms with van der Waals surface area (Å²) in [5, 5.41) is 0. The van der Waals surface area contributed by atoms with Gasteiger partial charge in [0.1, 0.15) is 0 Å². The smallest absolute Gasteiger partial charge is 0.0332 e. The second-order valence-corrected chi connectivity index (χ2v) is 5.64. The van der Waals surface area contributed by atoms with Crippen molar-refractivity contribution < 1.29 is 0 Å². The standard InChI is InChI=1S/C15H23N.ClH/c1-11(2)10-14(16)12-6-8-13(9-7-12)15(3,4)5;/h6-9,14H,1,10,16H2,2-5H3;1H/t14-;/m1./s1. The fraction of sp³-hybridized carbons (Fsp3) is 0.467. The van der Waals surface area contributed by atoms with E-state index in [-0.39, 0.29) is 23.9 Å². The van der Waals surface area contributed by atoms with Crippen LogP contribution in [0.4, 0.5) is 0 Å². The molecular weight excluding hydrogens is 230 g/mol. The zero-order chi connectivity index (χ0) is 12.3. The molecule has 17 heavy (non-hydrogen) atoms. The second kappa shape index (κ2) is 6.23. The first-order valence-corrected chi connectivity index (χ1v) is 5.81. The van der Waals surface area contributed by atoms with Gasteiger partial charge in [-0.1, -0.05) is 50.6 Å². The van der Waals surface area contributed by atoms with Gasteiger partial charge in [0.05, 0.1) is 0 Å². The number of halogens is 1. The number of hydrogen-bond donors (Lipinski definition) is 1. The van der Waals surface area contributed by atoms with E-state index in [1.165, 1.54) is 11.1 Å². The van der Waals surface area contributed by atoms with Crippen LogP contribution in [-0.4, -0.2) is 0 Å². The fourth-order valence-electron chi connectivity index (χ4n) is 1.72. The van der Waals surface area contributed by atoms with Crippen molar-refractivity contribution in [2.24, 2.45) is 5.73 Å². The fourth-order valence-corrected chi connectivity index (χ4v) is 1.72. The molecule has 0 aromatic heterocycles. The molecule has 0 aliphatic rings. The molecule has 0 radical (unpaired) electrons. The molecule has 1 rings (SSSR count). The van der Waals surface area contributed by atoms with E-state index in [0.29, 0.717) is 0 Å². The van der Waals surface area contributed by atoms with Gasteiger partial charge in [-0.15, -0.1) is 19.0 Å². The summed E-state index contributed by atoms with van der Waals surface area (Å²) in [6.07, 6.45) is 0.856. The van der Waals surface area contributed by atoms with Gasteiger partial charge in [0.15, 0.2) is 0 Å². The third-order valence-electron chi connectivity index (χ3n) is 2.77. The minimum atomic E-state index is 0. The molecule has 0 spiro atoms. The van der Waals surface area contributed by atoms with E-state index in [0.717, 1.165) is 12.0 Å². The van der Waals surface area contributed by atoms with Crippen molar-refractivity contribution in [1.82, 2.24) is 0 Å². The van der Waals surface area contributed by atoms with Crippen molar-refractivity contribution in [1.29, 1.82) is 0 Å². The molecule has 1 nitrogen and oxygen atoms in total. The van der Waals surface area contributed by atoms with Crippen LogP contribution in [0, 0.1) is 0 Å². The topological polar surface area (TPSA) is 26.0 Å². The third kappa shape index (κ3) is 4.93. The highest BCUT2D eigenvalue weighted by molar-refractivity contribution is 5.85. The molecule has 96 valence electrons. The Hall–Kier alpha value is -0.790. The summed E-state index contributed by atoms with van der Waals surface area (Å²) in [6, 6.07) is 8.69. The predicted octanol–water partition coefficient (Wildman–Crippen LogP) is 4.37. The minimum Gasteiger partial charge on any atom is -0.324 e. The lowest BCUT2D eigenvalue weighted by molar-refractivity contribution is 0.589. The average Bonchev–Trinajstić information content (AvgIpc) is 2.15. The van der Waals surface area contributed by atoms with Gasteiger partial charge in [0.2, 0.25) is 0 Å². The number of hydrogen-bond acceptors (Lipinski definition) is 1. The van der Waals surface area contributed by atoms with E-state index in [4.69, 9.17) is 5.73 Å². The normalized spacial score (nSPS) is 12.8. The van der Waals surface area contributed by atoms with Gasteiger partial charge in [-0.2, -0.15) is 0 Å². The van der Waals surface area contributed by atoms with Crippen LogP contribution >= 0.6 is 12.4 Å². The maximum atomic E-state index is 6.09. The van der Waals surface area contributed by atoms with Gasteiger partial charge in [-0.05, 0) is 29.9 Å². The highest BCUT2D eigenvalue weighted by Gasteiger charge is 2.14. The highest BCUT2D eigenvalue weighted by Crippen LogP contribution is 2.24. The molecule has 2 heteroatoms. The second-order valence-electron chi connectivity index (χ2n) is 5.64. The van der Waals surface area contributed by atoms with Crippen LogP contribution in [0.15, 0.2) is 36.4 Å². The Morgan fingerprint density at radius 2 is 1.71 bits per heavy atom. The van der Waals surface area contributed by atoms with E-state index in [9.17, 15) is 0 Å². The van der Waals surface area contributed by atoms with Gasteiger partial charge < -0.3 is 5.73 Å². The number of nitrogens with two attached hydrogens (primary N) is 1. The van der Waals surface area contributed by atoms with Crippen molar-refractivity contribution in [3.8, 4) is 0 Å². The number of benzene rings is 1. The number of rotatable bonds is 3. The Morgan fingerprint density at radius 1 is 1.24 bits per heavy atom. The monoisotopic (exact) mass is 253 g/mol. The summed E-state index contributed by atoms with van der Waals surface area (Å²) >= 11 is 0. The molecular formula is C15H24ClN. The Labute approximate surface area is 112 Å². The minimum absolute atomic E-state index is 0. The Kier molecular flexibility index (Phi) is 5.94. The van der Waals surface area contributed by atoms with Gasteiger partial charge in [-0.3, -0.25) is 0 Å². The zero-order valence-corrected chi connectivity index (χ0v) is 12.1. The summed E-state index contributed by atoms with van der Waals surface area (Å²) in [5.74, 6) is 0. The van der Waals surface area contributed by atoms with Crippen molar-refractivity contribution >= 4 is 12.4 Å². The summed E-state index contributed by atoms with van der Waals surface area (Å²) in [6.45, 7) is 12.6. The maximum Gasteiger partial charge on any atom is 0.0332 e. The Morgan fingerprint density at radius 3 is 2.06 bits per heavy atom. The average molecular weight is 254 g/mol. The quantitative estimate of drug-likeness (QED) is 0.796. The Bertz CT molecular complexity index is 360. The molecule has 0 saturated heterocycles. The van der Waals surface area contributed by atoms with Crippen LogP contribution in [0.3, 0.4) is 0 Å². The van der Waals surface area contributed by atoms with E-state index < -0.39 is 0 Å². The first-order chi connectivity index (χ1) is 7.30. The molecule has 0 unspecified atom stereocenters. The lowest BCUT2D eigenvalue weighted by atomic mass is 9.86. The SMILES string of the molecule is C=C(C)C[C@@H](N)c1ccc(C(C)(C)C)cc1.Cl. The molecule has 0 fully saturated rings. The van der Waals surface area contributed by atoms with Crippen molar-refractivity contribution in [3.63, 3.8) is 0 Å².